The quantitative estimate of drug-likeness (QED) is 0.204. The maximum atomic E-state index is 13.5. The predicted octanol–water partition coefficient (Wildman–Crippen LogP) is 4.75. The van der Waals surface area contributed by atoms with Gasteiger partial charge in [0.1, 0.15) is 12.1 Å². The molecule has 1 aliphatic rings. The van der Waals surface area contributed by atoms with Crippen molar-refractivity contribution in [1.82, 2.24) is 10.0 Å². The van der Waals surface area contributed by atoms with Gasteiger partial charge in [0, 0.05) is 17.2 Å². The van der Waals surface area contributed by atoms with E-state index in [1.807, 2.05) is 6.92 Å². The van der Waals surface area contributed by atoms with Gasteiger partial charge in [0.25, 0.3) is 23.4 Å². The third-order valence-corrected chi connectivity index (χ3v) is 6.12. The fraction of sp³-hybridized carbons (Fsp3) is 0.0833. The lowest BCUT2D eigenvalue weighted by Crippen LogP contribution is -2.51. The lowest BCUT2D eigenvalue weighted by Gasteiger charge is -2.29. The molecule has 0 atom stereocenters. The van der Waals surface area contributed by atoms with Crippen molar-refractivity contribution in [2.24, 2.45) is 0 Å². The van der Waals surface area contributed by atoms with Crippen LogP contribution < -0.4 is 0 Å². The number of hydrogen-bond donors (Lipinski definition) is 0. The second-order valence-electron chi connectivity index (χ2n) is 7.66. The number of carbonyl (C=O) groups is 4. The number of benzene rings is 3. The highest BCUT2D eigenvalue weighted by atomic mass is 35.5. The summed E-state index contributed by atoms with van der Waals surface area (Å²) in [7, 11) is 0. The molecule has 35 heavy (non-hydrogen) atoms. The number of rotatable bonds is 6. The number of aryl methyl sites for hydroxylation is 1. The van der Waals surface area contributed by atoms with Crippen LogP contribution in [0.2, 0.25) is 10.0 Å². The summed E-state index contributed by atoms with van der Waals surface area (Å²) in [6, 6.07) is 14.0. The van der Waals surface area contributed by atoms with Crippen molar-refractivity contribution < 1.29 is 24.1 Å². The molecule has 9 nitrogen and oxygen atoms in total. The highest BCUT2D eigenvalue weighted by Crippen LogP contribution is 2.33. The first kappa shape index (κ1) is 24.1. The Hall–Kier alpha value is -4.08. The van der Waals surface area contributed by atoms with Crippen molar-refractivity contribution in [3.63, 3.8) is 0 Å². The lowest BCUT2D eigenvalue weighted by atomic mass is 10.1. The summed E-state index contributed by atoms with van der Waals surface area (Å²) in [5, 5.41) is 12.8. The van der Waals surface area contributed by atoms with Gasteiger partial charge in [-0.25, -0.2) is 5.01 Å². The first-order valence-corrected chi connectivity index (χ1v) is 10.9. The van der Waals surface area contributed by atoms with E-state index in [0.29, 0.717) is 10.0 Å². The number of amides is 3. The van der Waals surface area contributed by atoms with E-state index in [-0.39, 0.29) is 26.7 Å². The molecule has 176 valence electrons. The van der Waals surface area contributed by atoms with Gasteiger partial charge < -0.3 is 0 Å². The van der Waals surface area contributed by atoms with Crippen LogP contribution in [0.5, 0.6) is 0 Å². The summed E-state index contributed by atoms with van der Waals surface area (Å²) in [6.45, 7) is 1.14. The third kappa shape index (κ3) is 4.39. The Bertz CT molecular complexity index is 1420. The molecule has 0 aliphatic carbocycles. The van der Waals surface area contributed by atoms with Crippen LogP contribution in [0.4, 0.5) is 5.69 Å². The number of hydrazine groups is 1. The topological polar surface area (TPSA) is 118 Å². The number of nitro groups is 1. The SMILES string of the molecule is Cc1ccc(C(=O)CN(C(=O)c2ccc(Cl)c(Cl)c2)N2C(=O)c3cccc([N+](=O)[O-])c3C2=O)cc1. The second kappa shape index (κ2) is 9.28. The first-order valence-electron chi connectivity index (χ1n) is 10.1. The van der Waals surface area contributed by atoms with Crippen molar-refractivity contribution >= 4 is 52.4 Å². The van der Waals surface area contributed by atoms with Crippen LogP contribution in [-0.2, 0) is 0 Å². The highest BCUT2D eigenvalue weighted by Gasteiger charge is 2.46. The average molecular weight is 512 g/mol. The van der Waals surface area contributed by atoms with E-state index in [9.17, 15) is 29.3 Å². The van der Waals surface area contributed by atoms with E-state index in [0.717, 1.165) is 11.6 Å². The zero-order valence-corrected chi connectivity index (χ0v) is 19.5. The van der Waals surface area contributed by atoms with Crippen molar-refractivity contribution in [2.45, 2.75) is 6.92 Å². The summed E-state index contributed by atoms with van der Waals surface area (Å²) >= 11 is 12.0. The zero-order valence-electron chi connectivity index (χ0n) is 18.0. The van der Waals surface area contributed by atoms with Gasteiger partial charge in [-0.1, -0.05) is 59.1 Å². The number of carbonyl (C=O) groups excluding carboxylic acids is 4. The minimum absolute atomic E-state index is 0.0420. The summed E-state index contributed by atoms with van der Waals surface area (Å²) in [5.74, 6) is -3.54. The summed E-state index contributed by atoms with van der Waals surface area (Å²) in [5.41, 5.74) is -0.212. The number of imide groups is 1. The van der Waals surface area contributed by atoms with Gasteiger partial charge in [-0.2, -0.15) is 5.01 Å². The molecule has 0 fully saturated rings. The normalized spacial score (nSPS) is 12.5. The van der Waals surface area contributed by atoms with E-state index in [1.165, 1.54) is 30.3 Å². The van der Waals surface area contributed by atoms with E-state index in [1.54, 1.807) is 24.3 Å². The molecule has 11 heteroatoms. The number of halogens is 2. The van der Waals surface area contributed by atoms with Gasteiger partial charge >= 0.3 is 0 Å². The number of nitro benzene ring substituents is 1. The molecule has 3 aromatic rings. The van der Waals surface area contributed by atoms with Crippen molar-refractivity contribution in [1.29, 1.82) is 0 Å². The van der Waals surface area contributed by atoms with Crippen LogP contribution in [0.3, 0.4) is 0 Å². The Balaban J connectivity index is 1.79. The van der Waals surface area contributed by atoms with Crippen LogP contribution in [0.1, 0.15) is 47.0 Å². The van der Waals surface area contributed by atoms with Crippen molar-refractivity contribution in [3.8, 4) is 0 Å². The molecule has 3 amide bonds. The molecular weight excluding hydrogens is 497 g/mol. The first-order chi connectivity index (χ1) is 16.6. The molecule has 1 heterocycles. The van der Waals surface area contributed by atoms with E-state index in [2.05, 4.69) is 0 Å². The Morgan fingerprint density at radius 3 is 2.23 bits per heavy atom. The van der Waals surface area contributed by atoms with Crippen LogP contribution in [0.15, 0.2) is 60.7 Å². The Labute approximate surface area is 208 Å². The second-order valence-corrected chi connectivity index (χ2v) is 8.47. The smallest absolute Gasteiger partial charge is 0.287 e. The zero-order chi connectivity index (χ0) is 25.4. The van der Waals surface area contributed by atoms with Gasteiger partial charge in [0.15, 0.2) is 5.78 Å². The fourth-order valence-electron chi connectivity index (χ4n) is 3.61. The monoisotopic (exact) mass is 511 g/mol. The van der Waals surface area contributed by atoms with Gasteiger partial charge in [0.2, 0.25) is 0 Å². The van der Waals surface area contributed by atoms with Crippen molar-refractivity contribution in [3.05, 3.63) is 109 Å². The number of nitrogens with zero attached hydrogens (tertiary/aromatic N) is 3. The summed E-state index contributed by atoms with van der Waals surface area (Å²) in [6.07, 6.45) is 0. The summed E-state index contributed by atoms with van der Waals surface area (Å²) < 4.78 is 0. The van der Waals surface area contributed by atoms with Crippen LogP contribution in [0.25, 0.3) is 0 Å². The molecule has 3 aromatic carbocycles. The lowest BCUT2D eigenvalue weighted by molar-refractivity contribution is -0.385. The predicted molar refractivity (Wildman–Crippen MR) is 127 cm³/mol. The maximum Gasteiger partial charge on any atom is 0.287 e. The molecule has 0 aromatic heterocycles. The number of Topliss-reactive ketones (excluding diaryl/α,β-unsaturated/α-hetero) is 1. The third-order valence-electron chi connectivity index (χ3n) is 5.38. The minimum Gasteiger partial charge on any atom is -0.292 e. The van der Waals surface area contributed by atoms with Gasteiger partial charge in [-0.05, 0) is 31.2 Å². The molecule has 0 saturated carbocycles. The Morgan fingerprint density at radius 2 is 1.60 bits per heavy atom. The largest absolute Gasteiger partial charge is 0.292 e. The average Bonchev–Trinajstić information content (AvgIpc) is 3.09. The minimum atomic E-state index is -1.09. The van der Waals surface area contributed by atoms with Gasteiger partial charge in [-0.3, -0.25) is 29.3 Å². The number of fused-ring (bicyclic) bond motifs is 1. The van der Waals surface area contributed by atoms with Crippen molar-refractivity contribution in [2.75, 3.05) is 6.54 Å². The Morgan fingerprint density at radius 1 is 0.943 bits per heavy atom. The molecule has 0 saturated heterocycles. The number of hydrogen-bond acceptors (Lipinski definition) is 6. The molecule has 0 bridgehead atoms. The molecule has 0 spiro atoms. The molecule has 1 aliphatic heterocycles. The van der Waals surface area contributed by atoms with E-state index in [4.69, 9.17) is 23.2 Å². The van der Waals surface area contributed by atoms with E-state index >= 15 is 0 Å². The molecular formula is C24H15Cl2N3O6. The summed E-state index contributed by atoms with van der Waals surface area (Å²) in [4.78, 5) is 63.6. The highest BCUT2D eigenvalue weighted by molar-refractivity contribution is 6.42. The maximum absolute atomic E-state index is 13.5. The van der Waals surface area contributed by atoms with Gasteiger partial charge in [-0.15, -0.1) is 0 Å². The molecule has 0 N–H and O–H groups in total. The van der Waals surface area contributed by atoms with Crippen LogP contribution >= 0.6 is 23.2 Å². The standard InChI is InChI=1S/C24H15Cl2N3O6/c1-13-5-7-14(8-6-13)20(30)12-27(22(31)15-9-10-17(25)18(26)11-15)28-23(32)16-3-2-4-19(29(34)35)21(16)24(28)33/h2-11H,12H2,1H3. The van der Waals surface area contributed by atoms with Crippen LogP contribution in [-0.4, -0.2) is 45.0 Å². The van der Waals surface area contributed by atoms with Gasteiger partial charge in [0.05, 0.1) is 20.5 Å². The fourth-order valence-corrected chi connectivity index (χ4v) is 3.90. The molecule has 0 radical (unpaired) electrons. The molecule has 4 rings (SSSR count). The van der Waals surface area contributed by atoms with E-state index < -0.39 is 46.2 Å². The molecule has 0 unspecified atom stereocenters. The Kier molecular flexibility index (Phi) is 6.38. The number of ketones is 1. The van der Waals surface area contributed by atoms with Crippen LogP contribution in [0, 0.1) is 17.0 Å².